The van der Waals surface area contributed by atoms with E-state index in [2.05, 4.69) is 10.3 Å². The van der Waals surface area contributed by atoms with E-state index < -0.39 is 11.4 Å². The average molecular weight is 451 g/mol. The monoisotopic (exact) mass is 450 g/mol. The lowest BCUT2D eigenvalue weighted by atomic mass is 9.95. The van der Waals surface area contributed by atoms with Gasteiger partial charge in [-0.2, -0.15) is 0 Å². The Morgan fingerprint density at radius 2 is 1.67 bits per heavy atom. The number of halogens is 1. The molecule has 2 heterocycles. The zero-order chi connectivity index (χ0) is 23.8. The number of fused-ring (bicyclic) bond motifs is 1. The van der Waals surface area contributed by atoms with Crippen LogP contribution in [0.4, 0.5) is 21.6 Å². The first kappa shape index (κ1) is 22.5. The SMILES string of the molecule is CC(C)(C)C(=O)Nc1ccc2nc(N3CCN(c4ccccc4F)CC3)cc(C(=O)O)c2c1. The predicted octanol–water partition coefficient (Wildman–Crippen LogP) is 4.38. The van der Waals surface area contributed by atoms with E-state index in [0.717, 1.165) is 0 Å². The van der Waals surface area contributed by atoms with Crippen LogP contribution in [0.5, 0.6) is 0 Å². The van der Waals surface area contributed by atoms with Crippen LogP contribution < -0.4 is 15.1 Å². The molecule has 3 aromatic rings. The number of aromatic carboxylic acids is 1. The largest absolute Gasteiger partial charge is 0.478 e. The molecule has 172 valence electrons. The van der Waals surface area contributed by atoms with Crippen molar-refractivity contribution in [2.75, 3.05) is 41.3 Å². The summed E-state index contributed by atoms with van der Waals surface area (Å²) in [5, 5.41) is 13.1. The van der Waals surface area contributed by atoms with Gasteiger partial charge >= 0.3 is 5.97 Å². The lowest BCUT2D eigenvalue weighted by Gasteiger charge is -2.37. The second kappa shape index (κ2) is 8.69. The molecule has 1 amide bonds. The summed E-state index contributed by atoms with van der Waals surface area (Å²) in [4.78, 5) is 33.0. The minimum Gasteiger partial charge on any atom is -0.478 e. The highest BCUT2D eigenvalue weighted by atomic mass is 19.1. The molecule has 1 aliphatic rings. The van der Waals surface area contributed by atoms with Crippen molar-refractivity contribution in [3.63, 3.8) is 0 Å². The van der Waals surface area contributed by atoms with Crippen molar-refractivity contribution in [3.05, 3.63) is 59.9 Å². The van der Waals surface area contributed by atoms with Crippen molar-refractivity contribution in [1.82, 2.24) is 4.98 Å². The number of carbonyl (C=O) groups excluding carboxylic acids is 1. The van der Waals surface area contributed by atoms with Crippen LogP contribution in [0.25, 0.3) is 10.9 Å². The van der Waals surface area contributed by atoms with Crippen molar-refractivity contribution in [3.8, 4) is 0 Å². The number of amides is 1. The van der Waals surface area contributed by atoms with Crippen LogP contribution in [0.2, 0.25) is 0 Å². The molecule has 1 fully saturated rings. The zero-order valence-corrected chi connectivity index (χ0v) is 18.9. The van der Waals surface area contributed by atoms with Gasteiger partial charge in [-0.05, 0) is 36.4 Å². The van der Waals surface area contributed by atoms with Gasteiger partial charge in [0.1, 0.15) is 11.6 Å². The van der Waals surface area contributed by atoms with Crippen LogP contribution in [0, 0.1) is 11.2 Å². The van der Waals surface area contributed by atoms with E-state index in [-0.39, 0.29) is 17.3 Å². The number of nitrogens with one attached hydrogen (secondary N) is 1. The molecule has 2 aromatic carbocycles. The molecular formula is C25H27FN4O3. The second-order valence-corrected chi connectivity index (χ2v) is 9.19. The van der Waals surface area contributed by atoms with E-state index in [1.54, 1.807) is 36.4 Å². The number of aromatic nitrogens is 1. The third kappa shape index (κ3) is 4.74. The number of hydrogen-bond donors (Lipinski definition) is 2. The molecule has 1 saturated heterocycles. The number of anilines is 3. The summed E-state index contributed by atoms with van der Waals surface area (Å²) in [6.07, 6.45) is 0. The molecule has 8 heteroatoms. The number of pyridine rings is 1. The Bertz CT molecular complexity index is 1210. The first-order valence-corrected chi connectivity index (χ1v) is 10.9. The lowest BCUT2D eigenvalue weighted by Crippen LogP contribution is -2.47. The normalized spacial score (nSPS) is 14.4. The molecule has 0 aliphatic carbocycles. The summed E-state index contributed by atoms with van der Waals surface area (Å²) in [6.45, 7) is 7.81. The Kier molecular flexibility index (Phi) is 5.93. The first-order chi connectivity index (χ1) is 15.6. The molecule has 4 rings (SSSR count). The Morgan fingerprint density at radius 3 is 2.30 bits per heavy atom. The first-order valence-electron chi connectivity index (χ1n) is 10.9. The zero-order valence-electron chi connectivity index (χ0n) is 18.9. The maximum absolute atomic E-state index is 14.1. The Balaban J connectivity index is 1.59. The standard InChI is InChI=1S/C25H27FN4O3/c1-25(2,3)24(33)27-16-8-9-20-17(14-16)18(23(31)32)15-22(28-20)30-12-10-29(11-13-30)21-7-5-4-6-19(21)26/h4-9,14-15H,10-13H2,1-3H3,(H,27,33)(H,31,32). The summed E-state index contributed by atoms with van der Waals surface area (Å²) in [5.41, 5.74) is 1.18. The average Bonchev–Trinajstić information content (AvgIpc) is 2.78. The Hall–Kier alpha value is -3.68. The fraction of sp³-hybridized carbons (Fsp3) is 0.320. The van der Waals surface area contributed by atoms with Crippen molar-refractivity contribution < 1.29 is 19.1 Å². The van der Waals surface area contributed by atoms with E-state index in [1.807, 2.05) is 36.6 Å². The highest BCUT2D eigenvalue weighted by Crippen LogP contribution is 2.28. The third-order valence-corrected chi connectivity index (χ3v) is 5.76. The van der Waals surface area contributed by atoms with Crippen LogP contribution in [-0.2, 0) is 4.79 Å². The van der Waals surface area contributed by atoms with Gasteiger partial charge < -0.3 is 20.2 Å². The van der Waals surface area contributed by atoms with Crippen LogP contribution >= 0.6 is 0 Å². The maximum atomic E-state index is 14.1. The van der Waals surface area contributed by atoms with Crippen molar-refractivity contribution in [2.45, 2.75) is 20.8 Å². The highest BCUT2D eigenvalue weighted by molar-refractivity contribution is 6.05. The van der Waals surface area contributed by atoms with Crippen LogP contribution in [0.1, 0.15) is 31.1 Å². The molecule has 1 aromatic heterocycles. The van der Waals surface area contributed by atoms with Gasteiger partial charge in [-0.15, -0.1) is 0 Å². The van der Waals surface area contributed by atoms with Crippen LogP contribution in [0.3, 0.4) is 0 Å². The van der Waals surface area contributed by atoms with Gasteiger partial charge in [0.15, 0.2) is 0 Å². The molecule has 0 unspecified atom stereocenters. The van der Waals surface area contributed by atoms with Gasteiger partial charge in [0.2, 0.25) is 5.91 Å². The van der Waals surface area contributed by atoms with E-state index >= 15 is 0 Å². The topological polar surface area (TPSA) is 85.8 Å². The molecular weight excluding hydrogens is 423 g/mol. The number of carboxylic acids is 1. The molecule has 0 radical (unpaired) electrons. The van der Waals surface area contributed by atoms with Gasteiger partial charge in [0.25, 0.3) is 0 Å². The molecule has 33 heavy (non-hydrogen) atoms. The number of carboxylic acid groups (broad SMARTS) is 1. The summed E-state index contributed by atoms with van der Waals surface area (Å²) < 4.78 is 14.1. The quantitative estimate of drug-likeness (QED) is 0.614. The van der Waals surface area contributed by atoms with Gasteiger partial charge in [-0.25, -0.2) is 14.2 Å². The fourth-order valence-corrected chi connectivity index (χ4v) is 3.83. The number of carbonyl (C=O) groups is 2. The van der Waals surface area contributed by atoms with E-state index in [4.69, 9.17) is 0 Å². The van der Waals surface area contributed by atoms with E-state index in [1.165, 1.54) is 6.07 Å². The summed E-state index contributed by atoms with van der Waals surface area (Å²) in [6, 6.07) is 13.4. The van der Waals surface area contributed by atoms with Crippen molar-refractivity contribution >= 4 is 40.0 Å². The number of para-hydroxylation sites is 1. The molecule has 0 spiro atoms. The number of benzene rings is 2. The van der Waals surface area contributed by atoms with Gasteiger partial charge in [0, 0.05) is 42.7 Å². The predicted molar refractivity (Wildman–Crippen MR) is 128 cm³/mol. The Labute approximate surface area is 191 Å². The molecule has 2 N–H and O–H groups in total. The van der Waals surface area contributed by atoms with Crippen LogP contribution in [-0.4, -0.2) is 48.1 Å². The summed E-state index contributed by atoms with van der Waals surface area (Å²) in [5.74, 6) is -0.902. The molecule has 7 nitrogen and oxygen atoms in total. The fourth-order valence-electron chi connectivity index (χ4n) is 3.83. The molecule has 1 aliphatic heterocycles. The van der Waals surface area contributed by atoms with Crippen LogP contribution in [0.15, 0.2) is 48.5 Å². The maximum Gasteiger partial charge on any atom is 0.336 e. The Morgan fingerprint density at radius 1 is 1.00 bits per heavy atom. The lowest BCUT2D eigenvalue weighted by molar-refractivity contribution is -0.123. The number of rotatable bonds is 4. The smallest absolute Gasteiger partial charge is 0.336 e. The highest BCUT2D eigenvalue weighted by Gasteiger charge is 2.24. The molecule has 0 bridgehead atoms. The van der Waals surface area contributed by atoms with E-state index in [9.17, 15) is 19.1 Å². The van der Waals surface area contributed by atoms with Gasteiger partial charge in [-0.1, -0.05) is 32.9 Å². The molecule has 0 saturated carbocycles. The summed E-state index contributed by atoms with van der Waals surface area (Å²) in [7, 11) is 0. The third-order valence-electron chi connectivity index (χ3n) is 5.76. The minimum absolute atomic E-state index is 0.124. The second-order valence-electron chi connectivity index (χ2n) is 9.19. The van der Waals surface area contributed by atoms with Gasteiger partial charge in [0.05, 0.1) is 16.8 Å². The molecule has 0 atom stereocenters. The number of hydrogen-bond acceptors (Lipinski definition) is 5. The summed E-state index contributed by atoms with van der Waals surface area (Å²) >= 11 is 0. The van der Waals surface area contributed by atoms with Crippen molar-refractivity contribution in [1.29, 1.82) is 0 Å². The van der Waals surface area contributed by atoms with Crippen molar-refractivity contribution in [2.24, 2.45) is 5.41 Å². The van der Waals surface area contributed by atoms with E-state index in [0.29, 0.717) is 54.3 Å². The van der Waals surface area contributed by atoms with Gasteiger partial charge in [-0.3, -0.25) is 4.79 Å². The number of nitrogens with zero attached hydrogens (tertiary/aromatic N) is 3. The number of piperazine rings is 1. The minimum atomic E-state index is -1.06.